The van der Waals surface area contributed by atoms with Crippen molar-refractivity contribution in [2.45, 2.75) is 0 Å². The molecule has 0 bridgehead atoms. The smallest absolute Gasteiger partial charge is 0.335 e. The molecule has 0 saturated carbocycles. The van der Waals surface area contributed by atoms with Crippen molar-refractivity contribution in [1.82, 2.24) is 0 Å². The molecule has 0 unspecified atom stereocenters. The van der Waals surface area contributed by atoms with E-state index in [1.807, 2.05) is 0 Å². The van der Waals surface area contributed by atoms with Crippen LogP contribution >= 0.6 is 0 Å². The number of carboxylic acids is 2. The van der Waals surface area contributed by atoms with Crippen LogP contribution in [0.5, 0.6) is 0 Å². The van der Waals surface area contributed by atoms with Gasteiger partial charge in [-0.3, -0.25) is 0 Å². The Labute approximate surface area is 147 Å². The number of halogens is 2. The van der Waals surface area contributed by atoms with Gasteiger partial charge in [0.25, 0.3) is 0 Å². The van der Waals surface area contributed by atoms with Gasteiger partial charge < -0.3 is 10.2 Å². The van der Waals surface area contributed by atoms with Crippen LogP contribution in [0.3, 0.4) is 0 Å². The Balaban J connectivity index is 2.00. The zero-order valence-electron chi connectivity index (χ0n) is 13.2. The van der Waals surface area contributed by atoms with E-state index in [0.29, 0.717) is 11.1 Å². The average Bonchev–Trinajstić information content (AvgIpc) is 2.63. The molecule has 0 aliphatic carbocycles. The number of carboxylic acid groups (broad SMARTS) is 2. The summed E-state index contributed by atoms with van der Waals surface area (Å²) in [6.45, 7) is 0. The van der Waals surface area contributed by atoms with Crippen LogP contribution in [0.1, 0.15) is 20.7 Å². The fourth-order valence-electron chi connectivity index (χ4n) is 2.57. The molecule has 3 aromatic rings. The molecular formula is C20H12F2O4. The fourth-order valence-corrected chi connectivity index (χ4v) is 2.57. The van der Waals surface area contributed by atoms with Crippen molar-refractivity contribution in [2.75, 3.05) is 0 Å². The first-order valence-electron chi connectivity index (χ1n) is 7.53. The molecule has 0 spiro atoms. The standard InChI is InChI=1S/C20H12F2O4/c21-17-10-16(12-3-7-14(8-4-12)20(25)26)18(22)9-15(17)11-1-5-13(6-2-11)19(23)24/h1-10H,(H,23,24)(H,25,26). The normalized spacial score (nSPS) is 10.5. The second-order valence-electron chi connectivity index (χ2n) is 5.58. The summed E-state index contributed by atoms with van der Waals surface area (Å²) < 4.78 is 29.0. The quantitative estimate of drug-likeness (QED) is 0.712. The topological polar surface area (TPSA) is 74.6 Å². The Morgan fingerprint density at radius 1 is 0.615 bits per heavy atom. The Morgan fingerprint density at radius 3 is 1.19 bits per heavy atom. The summed E-state index contributed by atoms with van der Waals surface area (Å²) in [6.07, 6.45) is 0. The van der Waals surface area contributed by atoms with E-state index in [-0.39, 0.29) is 22.3 Å². The van der Waals surface area contributed by atoms with Crippen LogP contribution in [0.4, 0.5) is 8.78 Å². The van der Waals surface area contributed by atoms with Crippen LogP contribution in [0.25, 0.3) is 22.3 Å². The molecule has 0 aromatic heterocycles. The monoisotopic (exact) mass is 354 g/mol. The largest absolute Gasteiger partial charge is 0.478 e. The SMILES string of the molecule is O=C(O)c1ccc(-c2cc(F)c(-c3ccc(C(=O)O)cc3)cc2F)cc1. The van der Waals surface area contributed by atoms with E-state index in [2.05, 4.69) is 0 Å². The molecule has 0 radical (unpaired) electrons. The van der Waals surface area contributed by atoms with Crippen molar-refractivity contribution in [1.29, 1.82) is 0 Å². The van der Waals surface area contributed by atoms with Gasteiger partial charge in [0.2, 0.25) is 0 Å². The second-order valence-corrected chi connectivity index (χ2v) is 5.58. The number of benzene rings is 3. The van der Waals surface area contributed by atoms with Crippen molar-refractivity contribution in [3.63, 3.8) is 0 Å². The lowest BCUT2D eigenvalue weighted by atomic mass is 9.97. The van der Waals surface area contributed by atoms with E-state index >= 15 is 0 Å². The van der Waals surface area contributed by atoms with E-state index < -0.39 is 23.6 Å². The predicted octanol–water partition coefficient (Wildman–Crippen LogP) is 4.70. The highest BCUT2D eigenvalue weighted by atomic mass is 19.1. The zero-order chi connectivity index (χ0) is 18.8. The molecule has 0 aliphatic rings. The summed E-state index contributed by atoms with van der Waals surface area (Å²) in [4.78, 5) is 21.7. The molecule has 4 nitrogen and oxygen atoms in total. The maximum absolute atomic E-state index is 14.5. The number of hydrogen-bond donors (Lipinski definition) is 2. The van der Waals surface area contributed by atoms with Gasteiger partial charge in [-0.05, 0) is 47.5 Å². The summed E-state index contributed by atoms with van der Waals surface area (Å²) in [5, 5.41) is 17.8. The van der Waals surface area contributed by atoms with E-state index in [9.17, 15) is 18.4 Å². The maximum atomic E-state index is 14.5. The number of rotatable bonds is 4. The Hall–Kier alpha value is -3.54. The molecule has 6 heteroatoms. The van der Waals surface area contributed by atoms with Gasteiger partial charge in [-0.2, -0.15) is 0 Å². The van der Waals surface area contributed by atoms with Crippen molar-refractivity contribution in [3.8, 4) is 22.3 Å². The molecule has 0 aliphatic heterocycles. The summed E-state index contributed by atoms with van der Waals surface area (Å²) in [5.74, 6) is -3.56. The van der Waals surface area contributed by atoms with Crippen molar-refractivity contribution in [3.05, 3.63) is 83.4 Å². The summed E-state index contributed by atoms with van der Waals surface area (Å²) >= 11 is 0. The van der Waals surface area contributed by atoms with Gasteiger partial charge in [-0.25, -0.2) is 18.4 Å². The van der Waals surface area contributed by atoms with E-state index in [1.54, 1.807) is 0 Å². The number of hydrogen-bond acceptors (Lipinski definition) is 2. The molecule has 0 amide bonds. The third-order valence-electron chi connectivity index (χ3n) is 3.94. The van der Waals surface area contributed by atoms with Crippen LogP contribution in [-0.4, -0.2) is 22.2 Å². The predicted molar refractivity (Wildman–Crippen MR) is 91.1 cm³/mol. The van der Waals surface area contributed by atoms with Gasteiger partial charge in [-0.15, -0.1) is 0 Å². The fraction of sp³-hybridized carbons (Fsp3) is 0. The van der Waals surface area contributed by atoms with Gasteiger partial charge >= 0.3 is 11.9 Å². The van der Waals surface area contributed by atoms with Crippen LogP contribution < -0.4 is 0 Å². The van der Waals surface area contributed by atoms with E-state index in [0.717, 1.165) is 12.1 Å². The highest BCUT2D eigenvalue weighted by Crippen LogP contribution is 2.31. The molecular weight excluding hydrogens is 342 g/mol. The van der Waals surface area contributed by atoms with Crippen LogP contribution in [-0.2, 0) is 0 Å². The third-order valence-corrected chi connectivity index (χ3v) is 3.94. The highest BCUT2D eigenvalue weighted by molar-refractivity contribution is 5.89. The van der Waals surface area contributed by atoms with Gasteiger partial charge in [0, 0.05) is 11.1 Å². The van der Waals surface area contributed by atoms with Crippen LogP contribution in [0.15, 0.2) is 60.7 Å². The number of carbonyl (C=O) groups is 2. The Morgan fingerprint density at radius 2 is 0.923 bits per heavy atom. The van der Waals surface area contributed by atoms with Crippen molar-refractivity contribution >= 4 is 11.9 Å². The molecule has 0 saturated heterocycles. The maximum Gasteiger partial charge on any atom is 0.335 e. The third kappa shape index (κ3) is 3.30. The molecule has 0 heterocycles. The number of aromatic carboxylic acids is 2. The summed E-state index contributed by atoms with van der Waals surface area (Å²) in [7, 11) is 0. The van der Waals surface area contributed by atoms with E-state index in [1.165, 1.54) is 48.5 Å². The molecule has 26 heavy (non-hydrogen) atoms. The second kappa shape index (κ2) is 6.76. The average molecular weight is 354 g/mol. The van der Waals surface area contributed by atoms with Gasteiger partial charge in [0.05, 0.1) is 11.1 Å². The minimum Gasteiger partial charge on any atom is -0.478 e. The minimum atomic E-state index is -1.11. The molecule has 3 rings (SSSR count). The minimum absolute atomic E-state index is 0.00495. The van der Waals surface area contributed by atoms with Crippen LogP contribution in [0, 0.1) is 11.6 Å². The molecule has 2 N–H and O–H groups in total. The van der Waals surface area contributed by atoms with Crippen molar-refractivity contribution in [2.24, 2.45) is 0 Å². The lowest BCUT2D eigenvalue weighted by molar-refractivity contribution is 0.0686. The van der Waals surface area contributed by atoms with Gasteiger partial charge in [-0.1, -0.05) is 24.3 Å². The van der Waals surface area contributed by atoms with E-state index in [4.69, 9.17) is 10.2 Å². The van der Waals surface area contributed by atoms with Crippen molar-refractivity contribution < 1.29 is 28.6 Å². The molecule has 130 valence electrons. The Kier molecular flexibility index (Phi) is 4.49. The molecule has 0 atom stereocenters. The summed E-state index contributed by atoms with van der Waals surface area (Å²) in [5.41, 5.74) is 0.795. The molecule has 3 aromatic carbocycles. The van der Waals surface area contributed by atoms with Crippen LogP contribution in [0.2, 0.25) is 0 Å². The zero-order valence-corrected chi connectivity index (χ0v) is 13.2. The first-order valence-corrected chi connectivity index (χ1v) is 7.53. The van der Waals surface area contributed by atoms with Gasteiger partial charge in [0.1, 0.15) is 11.6 Å². The first kappa shape index (κ1) is 17.3. The Bertz CT molecular complexity index is 910. The first-order chi connectivity index (χ1) is 12.4. The lowest BCUT2D eigenvalue weighted by Crippen LogP contribution is -1.97. The summed E-state index contributed by atoms with van der Waals surface area (Å²) in [6, 6.07) is 12.9. The van der Waals surface area contributed by atoms with Gasteiger partial charge in [0.15, 0.2) is 0 Å². The lowest BCUT2D eigenvalue weighted by Gasteiger charge is -2.09. The molecule has 0 fully saturated rings. The highest BCUT2D eigenvalue weighted by Gasteiger charge is 2.14.